The van der Waals surface area contributed by atoms with E-state index in [4.69, 9.17) is 9.47 Å². The van der Waals surface area contributed by atoms with Gasteiger partial charge in [0.05, 0.1) is 16.8 Å². The van der Waals surface area contributed by atoms with E-state index in [2.05, 4.69) is 0 Å². The fraction of sp³-hybridized carbons (Fsp3) is 0.588. The summed E-state index contributed by atoms with van der Waals surface area (Å²) in [6, 6.07) is 6.90. The molecule has 2 atom stereocenters. The highest BCUT2D eigenvalue weighted by atomic mass is 32.2. The van der Waals surface area contributed by atoms with Crippen LogP contribution in [0, 0.1) is 6.92 Å². The second-order valence-electron chi connectivity index (χ2n) is 5.92. The van der Waals surface area contributed by atoms with Crippen LogP contribution >= 0.6 is 0 Å². The van der Waals surface area contributed by atoms with Crippen LogP contribution in [0.25, 0.3) is 0 Å². The van der Waals surface area contributed by atoms with Crippen molar-refractivity contribution >= 4 is 16.0 Å². The molecule has 128 valence electrons. The second kappa shape index (κ2) is 7.81. The molecule has 1 aliphatic rings. The number of sulfone groups is 1. The van der Waals surface area contributed by atoms with Crippen molar-refractivity contribution in [3.63, 3.8) is 0 Å². The Bertz CT molecular complexity index is 621. The molecule has 1 aromatic carbocycles. The molecule has 0 aromatic heterocycles. The number of benzene rings is 1. The predicted octanol–water partition coefficient (Wildman–Crippen LogP) is 3.64. The van der Waals surface area contributed by atoms with Gasteiger partial charge in [0.15, 0.2) is 9.84 Å². The monoisotopic (exact) mass is 340 g/mol. The van der Waals surface area contributed by atoms with Gasteiger partial charge in [-0.3, -0.25) is 0 Å². The van der Waals surface area contributed by atoms with Crippen LogP contribution in [0.15, 0.2) is 29.2 Å². The first-order valence-corrected chi connectivity index (χ1v) is 9.62. The normalized spacial score (nSPS) is 22.2. The fourth-order valence-corrected chi connectivity index (χ4v) is 4.72. The SMILES string of the molecule is CCOC(=O)OC1CCCCC(S(=O)(=O)c2ccc(C)cc2)C1. The minimum Gasteiger partial charge on any atom is -0.435 e. The van der Waals surface area contributed by atoms with Crippen LogP contribution in [0.5, 0.6) is 0 Å². The summed E-state index contributed by atoms with van der Waals surface area (Å²) in [7, 11) is -3.42. The van der Waals surface area contributed by atoms with Crippen molar-refractivity contribution in [1.29, 1.82) is 0 Å². The largest absolute Gasteiger partial charge is 0.508 e. The summed E-state index contributed by atoms with van der Waals surface area (Å²) in [6.07, 6.45) is 2.15. The third-order valence-corrected chi connectivity index (χ3v) is 6.38. The van der Waals surface area contributed by atoms with Crippen molar-refractivity contribution in [3.05, 3.63) is 29.8 Å². The zero-order valence-corrected chi connectivity index (χ0v) is 14.5. The molecule has 0 aliphatic heterocycles. The number of aryl methyl sites for hydroxylation is 1. The zero-order chi connectivity index (χ0) is 16.9. The third-order valence-electron chi connectivity index (χ3n) is 4.14. The lowest BCUT2D eigenvalue weighted by molar-refractivity contribution is 0.0216. The van der Waals surface area contributed by atoms with Gasteiger partial charge in [0.2, 0.25) is 0 Å². The number of carbonyl (C=O) groups is 1. The van der Waals surface area contributed by atoms with E-state index in [0.717, 1.165) is 18.4 Å². The lowest BCUT2D eigenvalue weighted by Gasteiger charge is -2.20. The molecule has 5 nitrogen and oxygen atoms in total. The summed E-state index contributed by atoms with van der Waals surface area (Å²) in [5.41, 5.74) is 1.02. The van der Waals surface area contributed by atoms with Gasteiger partial charge in [-0.2, -0.15) is 0 Å². The van der Waals surface area contributed by atoms with Crippen molar-refractivity contribution in [2.75, 3.05) is 6.61 Å². The van der Waals surface area contributed by atoms with Crippen LogP contribution in [-0.2, 0) is 19.3 Å². The van der Waals surface area contributed by atoms with E-state index in [-0.39, 0.29) is 6.61 Å². The number of rotatable bonds is 4. The smallest absolute Gasteiger partial charge is 0.435 e. The van der Waals surface area contributed by atoms with E-state index < -0.39 is 27.3 Å². The van der Waals surface area contributed by atoms with Gasteiger partial charge in [-0.1, -0.05) is 24.1 Å². The molecule has 0 amide bonds. The molecule has 2 rings (SSSR count). The zero-order valence-electron chi connectivity index (χ0n) is 13.7. The summed E-state index contributed by atoms with van der Waals surface area (Å²) in [6.45, 7) is 3.88. The van der Waals surface area contributed by atoms with Crippen LogP contribution in [0.3, 0.4) is 0 Å². The van der Waals surface area contributed by atoms with Gasteiger partial charge < -0.3 is 9.47 Å². The molecule has 1 saturated carbocycles. The minimum absolute atomic E-state index is 0.247. The average molecular weight is 340 g/mol. The minimum atomic E-state index is -3.42. The van der Waals surface area contributed by atoms with E-state index in [1.54, 1.807) is 31.2 Å². The summed E-state index contributed by atoms with van der Waals surface area (Å²) in [4.78, 5) is 11.8. The van der Waals surface area contributed by atoms with E-state index >= 15 is 0 Å². The van der Waals surface area contributed by atoms with Crippen LogP contribution in [0.4, 0.5) is 4.79 Å². The molecule has 0 bridgehead atoms. The summed E-state index contributed by atoms with van der Waals surface area (Å²) in [5.74, 6) is 0. The Morgan fingerprint density at radius 1 is 1.17 bits per heavy atom. The first kappa shape index (κ1) is 17.8. The van der Waals surface area contributed by atoms with Crippen molar-refractivity contribution < 1.29 is 22.7 Å². The number of hydrogen-bond donors (Lipinski definition) is 0. The predicted molar refractivity (Wildman–Crippen MR) is 87.1 cm³/mol. The third kappa shape index (κ3) is 4.70. The highest BCUT2D eigenvalue weighted by molar-refractivity contribution is 7.92. The van der Waals surface area contributed by atoms with Gasteiger partial charge in [-0.15, -0.1) is 0 Å². The maximum atomic E-state index is 12.8. The Balaban J connectivity index is 2.13. The quantitative estimate of drug-likeness (QED) is 0.618. The van der Waals surface area contributed by atoms with E-state index in [0.29, 0.717) is 24.2 Å². The fourth-order valence-electron chi connectivity index (χ4n) is 2.87. The highest BCUT2D eigenvalue weighted by Gasteiger charge is 2.33. The Kier molecular flexibility index (Phi) is 6.04. The van der Waals surface area contributed by atoms with Gasteiger partial charge >= 0.3 is 6.16 Å². The molecule has 6 heteroatoms. The molecule has 0 spiro atoms. The van der Waals surface area contributed by atoms with Gasteiger partial charge in [0, 0.05) is 6.42 Å². The van der Waals surface area contributed by atoms with Gasteiger partial charge in [-0.05, 0) is 45.2 Å². The number of hydrogen-bond acceptors (Lipinski definition) is 5. The Hall–Kier alpha value is -1.56. The van der Waals surface area contributed by atoms with Crippen LogP contribution in [0.2, 0.25) is 0 Å². The average Bonchev–Trinajstić information content (AvgIpc) is 2.74. The van der Waals surface area contributed by atoms with Gasteiger partial charge in [0.1, 0.15) is 6.10 Å². The maximum Gasteiger partial charge on any atom is 0.508 e. The van der Waals surface area contributed by atoms with Crippen LogP contribution < -0.4 is 0 Å². The molecule has 23 heavy (non-hydrogen) atoms. The summed E-state index contributed by atoms with van der Waals surface area (Å²) < 4.78 is 35.7. The molecule has 1 aromatic rings. The van der Waals surface area contributed by atoms with Crippen LogP contribution in [-0.4, -0.2) is 32.5 Å². The second-order valence-corrected chi connectivity index (χ2v) is 8.15. The first-order valence-electron chi connectivity index (χ1n) is 8.07. The maximum absolute atomic E-state index is 12.8. The van der Waals surface area contributed by atoms with Crippen molar-refractivity contribution in [3.8, 4) is 0 Å². The molecule has 1 fully saturated rings. The summed E-state index contributed by atoms with van der Waals surface area (Å²) >= 11 is 0. The molecule has 0 radical (unpaired) electrons. The van der Waals surface area contributed by atoms with E-state index in [1.807, 2.05) is 6.92 Å². The molecule has 1 aliphatic carbocycles. The molecular weight excluding hydrogens is 316 g/mol. The van der Waals surface area contributed by atoms with Gasteiger partial charge in [-0.25, -0.2) is 13.2 Å². The Morgan fingerprint density at radius 2 is 1.83 bits per heavy atom. The first-order chi connectivity index (χ1) is 10.9. The van der Waals surface area contributed by atoms with Crippen LogP contribution in [0.1, 0.15) is 44.6 Å². The van der Waals surface area contributed by atoms with Crippen molar-refractivity contribution in [2.24, 2.45) is 0 Å². The number of carbonyl (C=O) groups excluding carboxylic acids is 1. The van der Waals surface area contributed by atoms with Gasteiger partial charge in [0.25, 0.3) is 0 Å². The standard InChI is InChI=1S/C17H24O5S/c1-3-21-17(18)22-14-6-4-5-7-16(12-14)23(19,20)15-10-8-13(2)9-11-15/h8-11,14,16H,3-7,12H2,1-2H3. The van der Waals surface area contributed by atoms with E-state index in [1.165, 1.54) is 0 Å². The van der Waals surface area contributed by atoms with E-state index in [9.17, 15) is 13.2 Å². The lowest BCUT2D eigenvalue weighted by atomic mass is 10.1. The van der Waals surface area contributed by atoms with Crippen molar-refractivity contribution in [2.45, 2.75) is 62.2 Å². The Morgan fingerprint density at radius 3 is 2.48 bits per heavy atom. The number of ether oxygens (including phenoxy) is 2. The van der Waals surface area contributed by atoms with Crippen molar-refractivity contribution in [1.82, 2.24) is 0 Å². The molecular formula is C17H24O5S. The molecule has 2 unspecified atom stereocenters. The Labute approximate surface area is 137 Å². The lowest BCUT2D eigenvalue weighted by Crippen LogP contribution is -2.28. The molecule has 0 heterocycles. The highest BCUT2D eigenvalue weighted by Crippen LogP contribution is 2.29. The summed E-state index contributed by atoms with van der Waals surface area (Å²) in [5, 5.41) is -0.521. The molecule has 0 N–H and O–H groups in total. The topological polar surface area (TPSA) is 69.7 Å². The molecule has 0 saturated heterocycles.